The van der Waals surface area contributed by atoms with Crippen LogP contribution in [0.5, 0.6) is 0 Å². The van der Waals surface area contributed by atoms with Crippen LogP contribution in [-0.2, 0) is 6.54 Å². The van der Waals surface area contributed by atoms with Crippen LogP contribution >= 0.6 is 0 Å². The van der Waals surface area contributed by atoms with Crippen LogP contribution in [0.2, 0.25) is 0 Å². The molecule has 5 aromatic rings. The number of H-pyrrole nitrogens is 2. The number of carbonyl (C=O) groups excluding carboxylic acids is 1. The molecule has 186 valence electrons. The Morgan fingerprint density at radius 1 is 0.919 bits per heavy atom. The Hall–Kier alpha value is -4.89. The van der Waals surface area contributed by atoms with Crippen LogP contribution in [0.1, 0.15) is 17.2 Å². The number of benzene rings is 3. The molecule has 0 aliphatic heterocycles. The topological polar surface area (TPSA) is 135 Å². The SMILES string of the molecule is O=C(NCc1ccccc1)Nc1cccc2nc(-c3c(NC[C@@H](O)c4ccccc4)cc[nH]c3=O)[nH]c12. The molecule has 3 aromatic carbocycles. The third-order valence-corrected chi connectivity index (χ3v) is 5.93. The molecule has 0 aliphatic carbocycles. The number of nitrogens with zero attached hydrogens (tertiary/aromatic N) is 1. The van der Waals surface area contributed by atoms with E-state index in [1.807, 2.05) is 60.7 Å². The van der Waals surface area contributed by atoms with Gasteiger partial charge in [-0.25, -0.2) is 9.78 Å². The smallest absolute Gasteiger partial charge is 0.319 e. The van der Waals surface area contributed by atoms with Crippen molar-refractivity contribution >= 4 is 28.4 Å². The number of amides is 2. The first kappa shape index (κ1) is 23.8. The molecule has 0 fully saturated rings. The first-order valence-corrected chi connectivity index (χ1v) is 11.8. The second-order valence-electron chi connectivity index (χ2n) is 8.48. The van der Waals surface area contributed by atoms with E-state index < -0.39 is 6.10 Å². The molecule has 2 aromatic heterocycles. The molecular weight excluding hydrogens is 468 g/mol. The number of rotatable bonds is 8. The molecule has 9 nitrogen and oxygen atoms in total. The van der Waals surface area contributed by atoms with Crippen molar-refractivity contribution in [1.29, 1.82) is 0 Å². The Kier molecular flexibility index (Phi) is 6.95. The molecule has 5 rings (SSSR count). The normalized spacial score (nSPS) is 11.7. The fourth-order valence-electron chi connectivity index (χ4n) is 4.06. The molecule has 0 saturated heterocycles. The summed E-state index contributed by atoms with van der Waals surface area (Å²) in [7, 11) is 0. The number of aromatic amines is 2. The number of hydrogen-bond acceptors (Lipinski definition) is 5. The van der Waals surface area contributed by atoms with Crippen molar-refractivity contribution in [3.8, 4) is 11.4 Å². The first-order valence-electron chi connectivity index (χ1n) is 11.8. The van der Waals surface area contributed by atoms with Gasteiger partial charge in [-0.1, -0.05) is 66.7 Å². The van der Waals surface area contributed by atoms with Crippen LogP contribution in [-0.4, -0.2) is 32.6 Å². The van der Waals surface area contributed by atoms with E-state index in [0.29, 0.717) is 40.3 Å². The number of imidazole rings is 1. The van der Waals surface area contributed by atoms with Crippen molar-refractivity contribution in [3.63, 3.8) is 0 Å². The highest BCUT2D eigenvalue weighted by atomic mass is 16.3. The van der Waals surface area contributed by atoms with Gasteiger partial charge in [0, 0.05) is 19.3 Å². The summed E-state index contributed by atoms with van der Waals surface area (Å²) < 4.78 is 0. The zero-order chi connectivity index (χ0) is 25.6. The lowest BCUT2D eigenvalue weighted by molar-refractivity contribution is 0.191. The van der Waals surface area contributed by atoms with Crippen LogP contribution in [0.25, 0.3) is 22.4 Å². The zero-order valence-electron chi connectivity index (χ0n) is 19.9. The van der Waals surface area contributed by atoms with Gasteiger partial charge in [-0.2, -0.15) is 0 Å². The summed E-state index contributed by atoms with van der Waals surface area (Å²) in [5.41, 5.74) is 3.95. The third kappa shape index (κ3) is 5.52. The van der Waals surface area contributed by atoms with E-state index in [9.17, 15) is 14.7 Å². The van der Waals surface area contributed by atoms with Gasteiger partial charge in [-0.15, -0.1) is 0 Å². The van der Waals surface area contributed by atoms with Crippen LogP contribution < -0.4 is 21.5 Å². The Morgan fingerprint density at radius 2 is 1.68 bits per heavy atom. The number of para-hydroxylation sites is 1. The molecule has 1 atom stereocenters. The van der Waals surface area contributed by atoms with E-state index in [4.69, 9.17) is 0 Å². The first-order chi connectivity index (χ1) is 18.1. The minimum atomic E-state index is -0.755. The number of aliphatic hydroxyl groups excluding tert-OH is 1. The number of anilines is 2. The lowest BCUT2D eigenvalue weighted by atomic mass is 10.1. The Balaban J connectivity index is 1.37. The molecule has 9 heteroatoms. The van der Waals surface area contributed by atoms with Crippen LogP contribution in [0.15, 0.2) is 95.9 Å². The number of fused-ring (bicyclic) bond motifs is 1. The quantitative estimate of drug-likeness (QED) is 0.190. The summed E-state index contributed by atoms with van der Waals surface area (Å²) in [5, 5.41) is 19.4. The minimum Gasteiger partial charge on any atom is -0.387 e. The molecule has 0 bridgehead atoms. The van der Waals surface area contributed by atoms with Crippen molar-refractivity contribution in [2.24, 2.45) is 0 Å². The predicted molar refractivity (Wildman–Crippen MR) is 144 cm³/mol. The molecule has 2 heterocycles. The second-order valence-corrected chi connectivity index (χ2v) is 8.48. The average Bonchev–Trinajstić information content (AvgIpc) is 3.36. The Bertz CT molecular complexity index is 1560. The highest BCUT2D eigenvalue weighted by Gasteiger charge is 2.17. The lowest BCUT2D eigenvalue weighted by Crippen LogP contribution is -2.28. The van der Waals surface area contributed by atoms with Gasteiger partial charge in [0.15, 0.2) is 0 Å². The Labute approximate surface area is 212 Å². The van der Waals surface area contributed by atoms with Gasteiger partial charge in [0.2, 0.25) is 0 Å². The molecule has 37 heavy (non-hydrogen) atoms. The fourth-order valence-corrected chi connectivity index (χ4v) is 4.06. The van der Waals surface area contributed by atoms with Crippen LogP contribution in [0, 0.1) is 0 Å². The summed E-state index contributed by atoms with van der Waals surface area (Å²) in [4.78, 5) is 35.8. The third-order valence-electron chi connectivity index (χ3n) is 5.93. The Morgan fingerprint density at radius 3 is 2.46 bits per heavy atom. The largest absolute Gasteiger partial charge is 0.387 e. The van der Waals surface area contributed by atoms with Crippen molar-refractivity contribution < 1.29 is 9.90 Å². The number of hydrogen-bond donors (Lipinski definition) is 6. The molecule has 2 amide bonds. The lowest BCUT2D eigenvalue weighted by Gasteiger charge is -2.14. The van der Waals surface area contributed by atoms with E-state index in [1.54, 1.807) is 24.3 Å². The summed E-state index contributed by atoms with van der Waals surface area (Å²) in [5.74, 6) is 0.340. The van der Waals surface area contributed by atoms with E-state index >= 15 is 0 Å². The van der Waals surface area contributed by atoms with E-state index in [0.717, 1.165) is 11.1 Å². The van der Waals surface area contributed by atoms with Gasteiger partial charge < -0.3 is 31.0 Å². The van der Waals surface area contributed by atoms with E-state index in [-0.39, 0.29) is 18.1 Å². The van der Waals surface area contributed by atoms with Crippen LogP contribution in [0.4, 0.5) is 16.2 Å². The van der Waals surface area contributed by atoms with Gasteiger partial charge >= 0.3 is 6.03 Å². The summed E-state index contributed by atoms with van der Waals surface area (Å²) in [6.07, 6.45) is 0.782. The number of carbonyl (C=O) groups is 1. The monoisotopic (exact) mass is 494 g/mol. The molecule has 0 unspecified atom stereocenters. The fraction of sp³-hybridized carbons (Fsp3) is 0.107. The van der Waals surface area contributed by atoms with Crippen molar-refractivity contribution in [2.75, 3.05) is 17.2 Å². The number of pyridine rings is 1. The van der Waals surface area contributed by atoms with E-state index in [1.165, 1.54) is 6.20 Å². The number of aliphatic hydroxyl groups is 1. The number of urea groups is 1. The highest BCUT2D eigenvalue weighted by Crippen LogP contribution is 2.28. The van der Waals surface area contributed by atoms with Crippen LogP contribution in [0.3, 0.4) is 0 Å². The van der Waals surface area contributed by atoms with E-state index in [2.05, 4.69) is 30.9 Å². The molecule has 0 radical (unpaired) electrons. The minimum absolute atomic E-state index is 0.203. The summed E-state index contributed by atoms with van der Waals surface area (Å²) in [6.45, 7) is 0.592. The maximum Gasteiger partial charge on any atom is 0.319 e. The van der Waals surface area contributed by atoms with Crippen molar-refractivity contribution in [1.82, 2.24) is 20.3 Å². The van der Waals surface area contributed by atoms with Gasteiger partial charge in [0.05, 0.1) is 28.5 Å². The summed E-state index contributed by atoms with van der Waals surface area (Å²) >= 11 is 0. The van der Waals surface area contributed by atoms with Gasteiger partial charge in [0.1, 0.15) is 11.4 Å². The second kappa shape index (κ2) is 10.8. The van der Waals surface area contributed by atoms with Crippen molar-refractivity contribution in [2.45, 2.75) is 12.6 Å². The number of nitrogens with one attached hydrogen (secondary N) is 5. The molecule has 0 spiro atoms. The highest BCUT2D eigenvalue weighted by molar-refractivity contribution is 5.99. The number of aromatic nitrogens is 3. The van der Waals surface area contributed by atoms with Gasteiger partial charge in [-0.05, 0) is 29.3 Å². The molecule has 6 N–H and O–H groups in total. The molecule has 0 aliphatic rings. The zero-order valence-corrected chi connectivity index (χ0v) is 19.9. The van der Waals surface area contributed by atoms with Gasteiger partial charge in [0.25, 0.3) is 5.56 Å². The van der Waals surface area contributed by atoms with Gasteiger partial charge in [-0.3, -0.25) is 4.79 Å². The molecular formula is C28H26N6O3. The maximum atomic E-state index is 12.8. The molecule has 0 saturated carbocycles. The standard InChI is InChI=1S/C28H26N6O3/c35-23(19-10-5-2-6-11-19)17-30-20-14-15-29-27(36)24(20)26-32-21-12-7-13-22(25(21)34-26)33-28(37)31-16-18-8-3-1-4-9-18/h1-15,23,35H,16-17H2,(H,32,34)(H2,29,30,36)(H2,31,33,37)/t23-/m1/s1. The summed E-state index contributed by atoms with van der Waals surface area (Å²) in [6, 6.07) is 25.6. The average molecular weight is 495 g/mol. The predicted octanol–water partition coefficient (Wildman–Crippen LogP) is 4.39. The van der Waals surface area contributed by atoms with Crippen molar-refractivity contribution in [3.05, 3.63) is 113 Å². The maximum absolute atomic E-state index is 12.8.